The highest BCUT2D eigenvalue weighted by Crippen LogP contribution is 2.00. The molecule has 0 unspecified atom stereocenters. The van der Waals surface area contributed by atoms with Crippen LogP contribution in [0.3, 0.4) is 0 Å². The van der Waals surface area contributed by atoms with Gasteiger partial charge in [0.2, 0.25) is 5.91 Å². The highest BCUT2D eigenvalue weighted by Gasteiger charge is 2.13. The van der Waals surface area contributed by atoms with Gasteiger partial charge in [-0.1, -0.05) is 6.08 Å². The first-order valence-electron chi connectivity index (χ1n) is 3.14. The van der Waals surface area contributed by atoms with E-state index in [0.717, 1.165) is 4.90 Å². The fourth-order valence-corrected chi connectivity index (χ4v) is 0.630. The molecule has 0 spiro atoms. The van der Waals surface area contributed by atoms with Gasteiger partial charge < -0.3 is 10.0 Å². The molecule has 0 aliphatic rings. The predicted molar refractivity (Wildman–Crippen MR) is 39.8 cm³/mol. The molecule has 1 amide bonds. The molecule has 1 N–H and O–H groups in total. The molecule has 62 valence electrons. The fourth-order valence-electron chi connectivity index (χ4n) is 0.630. The third-order valence-electron chi connectivity index (χ3n) is 1.33. The monoisotopic (exact) mass is 157 g/mol. The maximum atomic E-state index is 10.7. The van der Waals surface area contributed by atoms with Crippen LogP contribution in [-0.4, -0.2) is 28.9 Å². The number of hydrogen-bond donors (Lipinski definition) is 1. The molecular weight excluding hydrogens is 146 g/mol. The predicted octanol–water partition coefficient (Wildman–Crippen LogP) is 0.453. The highest BCUT2D eigenvalue weighted by atomic mass is 16.4. The second-order valence-corrected chi connectivity index (χ2v) is 2.06. The van der Waals surface area contributed by atoms with Gasteiger partial charge >= 0.3 is 5.97 Å². The summed E-state index contributed by atoms with van der Waals surface area (Å²) in [7, 11) is 1.42. The third kappa shape index (κ3) is 2.41. The Morgan fingerprint density at radius 3 is 2.00 bits per heavy atom. The zero-order valence-corrected chi connectivity index (χ0v) is 6.79. The molecule has 0 aromatic carbocycles. The minimum absolute atomic E-state index is 0.00231. The van der Waals surface area contributed by atoms with Crippen LogP contribution in [0.2, 0.25) is 0 Å². The number of carbonyl (C=O) groups is 2. The molecule has 4 nitrogen and oxygen atoms in total. The van der Waals surface area contributed by atoms with Gasteiger partial charge in [0.1, 0.15) is 5.70 Å². The molecule has 0 atom stereocenters. The van der Waals surface area contributed by atoms with Gasteiger partial charge in [0, 0.05) is 14.0 Å². The molecule has 0 fully saturated rings. The summed E-state index contributed by atoms with van der Waals surface area (Å²) in [6, 6.07) is 0. The van der Waals surface area contributed by atoms with Crippen molar-refractivity contribution < 1.29 is 14.7 Å². The van der Waals surface area contributed by atoms with E-state index in [1.165, 1.54) is 20.0 Å². The Bertz CT molecular complexity index is 208. The van der Waals surface area contributed by atoms with Crippen molar-refractivity contribution in [3.8, 4) is 0 Å². The van der Waals surface area contributed by atoms with Crippen LogP contribution in [0.15, 0.2) is 11.8 Å². The topological polar surface area (TPSA) is 57.6 Å². The standard InChI is InChI=1S/C7H11NO3/c1-4-6(7(10)11)8(3)5(2)9/h4H,1-3H3,(H,10,11). The number of hydrogen-bond acceptors (Lipinski definition) is 2. The van der Waals surface area contributed by atoms with E-state index in [2.05, 4.69) is 0 Å². The molecule has 11 heavy (non-hydrogen) atoms. The zero-order valence-electron chi connectivity index (χ0n) is 6.79. The summed E-state index contributed by atoms with van der Waals surface area (Å²) >= 11 is 0. The molecule has 0 rings (SSSR count). The van der Waals surface area contributed by atoms with Crippen LogP contribution in [0, 0.1) is 0 Å². The van der Waals surface area contributed by atoms with E-state index in [-0.39, 0.29) is 11.6 Å². The zero-order chi connectivity index (χ0) is 9.02. The maximum Gasteiger partial charge on any atom is 0.352 e. The Morgan fingerprint density at radius 1 is 1.45 bits per heavy atom. The van der Waals surface area contributed by atoms with Gasteiger partial charge in [-0.25, -0.2) is 4.79 Å². The molecular formula is C7H11NO3. The number of carboxylic acid groups (broad SMARTS) is 1. The largest absolute Gasteiger partial charge is 0.477 e. The average Bonchev–Trinajstić information content (AvgIpc) is 1.88. The number of rotatable bonds is 2. The van der Waals surface area contributed by atoms with Gasteiger partial charge in [0.15, 0.2) is 0 Å². The van der Waals surface area contributed by atoms with Crippen LogP contribution in [0.1, 0.15) is 13.8 Å². The Balaban J connectivity index is 4.54. The van der Waals surface area contributed by atoms with Crippen molar-refractivity contribution in [3.63, 3.8) is 0 Å². The van der Waals surface area contributed by atoms with Crippen LogP contribution >= 0.6 is 0 Å². The van der Waals surface area contributed by atoms with E-state index in [0.29, 0.717) is 0 Å². The van der Waals surface area contributed by atoms with E-state index in [1.54, 1.807) is 6.92 Å². The molecule has 0 radical (unpaired) electrons. The normalized spacial score (nSPS) is 11.0. The number of allylic oxidation sites excluding steroid dienone is 1. The van der Waals surface area contributed by atoms with E-state index >= 15 is 0 Å². The van der Waals surface area contributed by atoms with Gasteiger partial charge in [0.25, 0.3) is 0 Å². The first kappa shape index (κ1) is 9.68. The summed E-state index contributed by atoms with van der Waals surface area (Å²) in [6.07, 6.45) is 1.38. The Labute approximate surface area is 65.1 Å². The lowest BCUT2D eigenvalue weighted by atomic mass is 10.3. The Morgan fingerprint density at radius 2 is 1.91 bits per heavy atom. The lowest BCUT2D eigenvalue weighted by Gasteiger charge is -2.14. The second-order valence-electron chi connectivity index (χ2n) is 2.06. The van der Waals surface area contributed by atoms with E-state index in [1.807, 2.05) is 0 Å². The van der Waals surface area contributed by atoms with Gasteiger partial charge in [-0.3, -0.25) is 4.79 Å². The van der Waals surface area contributed by atoms with Crippen molar-refractivity contribution in [2.45, 2.75) is 13.8 Å². The number of amides is 1. The van der Waals surface area contributed by atoms with Crippen molar-refractivity contribution in [1.82, 2.24) is 4.90 Å². The van der Waals surface area contributed by atoms with Crippen LogP contribution in [0.5, 0.6) is 0 Å². The minimum atomic E-state index is -1.09. The first-order valence-corrected chi connectivity index (χ1v) is 3.14. The Hall–Kier alpha value is -1.32. The summed E-state index contributed by atoms with van der Waals surface area (Å²) in [4.78, 5) is 22.2. The summed E-state index contributed by atoms with van der Waals surface area (Å²) in [6.45, 7) is 2.88. The SMILES string of the molecule is CC=C(C(=O)O)N(C)C(C)=O. The Kier molecular flexibility index (Phi) is 3.30. The summed E-state index contributed by atoms with van der Waals surface area (Å²) in [5.74, 6) is -1.38. The lowest BCUT2D eigenvalue weighted by molar-refractivity contribution is -0.138. The number of carbonyl (C=O) groups excluding carboxylic acids is 1. The van der Waals surface area contributed by atoms with Gasteiger partial charge in [-0.05, 0) is 6.92 Å². The van der Waals surface area contributed by atoms with Gasteiger partial charge in [-0.15, -0.1) is 0 Å². The molecule has 0 aromatic rings. The molecule has 0 aromatic heterocycles. The van der Waals surface area contributed by atoms with E-state index < -0.39 is 5.97 Å². The van der Waals surface area contributed by atoms with Crippen molar-refractivity contribution in [1.29, 1.82) is 0 Å². The number of likely N-dealkylation sites (N-methyl/N-ethyl adjacent to an activating group) is 1. The second kappa shape index (κ2) is 3.75. The highest BCUT2D eigenvalue weighted by molar-refractivity contribution is 5.91. The third-order valence-corrected chi connectivity index (χ3v) is 1.33. The van der Waals surface area contributed by atoms with Gasteiger partial charge in [-0.2, -0.15) is 0 Å². The number of aliphatic carboxylic acids is 1. The van der Waals surface area contributed by atoms with Gasteiger partial charge in [0.05, 0.1) is 0 Å². The lowest BCUT2D eigenvalue weighted by Crippen LogP contribution is -2.27. The van der Waals surface area contributed by atoms with Crippen LogP contribution in [0.25, 0.3) is 0 Å². The number of carboxylic acids is 1. The van der Waals surface area contributed by atoms with Crippen LogP contribution < -0.4 is 0 Å². The quantitative estimate of drug-likeness (QED) is 0.592. The summed E-state index contributed by atoms with van der Waals surface area (Å²) < 4.78 is 0. The number of nitrogens with zero attached hydrogens (tertiary/aromatic N) is 1. The molecule has 0 aliphatic carbocycles. The van der Waals surface area contributed by atoms with Crippen molar-refractivity contribution >= 4 is 11.9 Å². The molecule has 4 heteroatoms. The molecule has 0 bridgehead atoms. The smallest absolute Gasteiger partial charge is 0.352 e. The molecule has 0 saturated heterocycles. The summed E-state index contributed by atoms with van der Waals surface area (Å²) in [5, 5.41) is 8.53. The van der Waals surface area contributed by atoms with Crippen molar-refractivity contribution in [3.05, 3.63) is 11.8 Å². The molecule has 0 heterocycles. The van der Waals surface area contributed by atoms with Crippen molar-refractivity contribution in [2.24, 2.45) is 0 Å². The van der Waals surface area contributed by atoms with E-state index in [4.69, 9.17) is 5.11 Å². The average molecular weight is 157 g/mol. The summed E-state index contributed by atoms with van der Waals surface area (Å²) in [5.41, 5.74) is -0.00231. The fraction of sp³-hybridized carbons (Fsp3) is 0.429. The minimum Gasteiger partial charge on any atom is -0.477 e. The first-order chi connectivity index (χ1) is 5.00. The van der Waals surface area contributed by atoms with Crippen LogP contribution in [0.4, 0.5) is 0 Å². The van der Waals surface area contributed by atoms with Crippen molar-refractivity contribution in [2.75, 3.05) is 7.05 Å². The molecule has 0 saturated carbocycles. The van der Waals surface area contributed by atoms with Crippen LogP contribution in [-0.2, 0) is 9.59 Å². The van der Waals surface area contributed by atoms with E-state index in [9.17, 15) is 9.59 Å². The maximum absolute atomic E-state index is 10.7. The molecule has 0 aliphatic heterocycles.